The minimum absolute atomic E-state index is 0.253. The topological polar surface area (TPSA) is 41.9 Å². The van der Waals surface area contributed by atoms with Gasteiger partial charge in [-0.15, -0.1) is 0 Å². The number of fused-ring (bicyclic) bond motifs is 1. The highest BCUT2D eigenvalue weighted by atomic mass is 16.6. The SMILES string of the molecule is CC(O)CCN(C)Cc1cccc2c1OCCO2. The third-order valence-electron chi connectivity index (χ3n) is 3.02. The summed E-state index contributed by atoms with van der Waals surface area (Å²) in [4.78, 5) is 2.18. The molecule has 1 heterocycles. The molecule has 0 amide bonds. The van der Waals surface area contributed by atoms with Crippen molar-refractivity contribution in [3.63, 3.8) is 0 Å². The minimum atomic E-state index is -0.253. The monoisotopic (exact) mass is 251 g/mol. The summed E-state index contributed by atoms with van der Waals surface area (Å²) < 4.78 is 11.2. The Hall–Kier alpha value is -1.26. The largest absolute Gasteiger partial charge is 0.486 e. The van der Waals surface area contributed by atoms with Gasteiger partial charge >= 0.3 is 0 Å². The molecule has 1 unspecified atom stereocenters. The third kappa shape index (κ3) is 3.37. The first-order valence-electron chi connectivity index (χ1n) is 6.41. The molecule has 0 radical (unpaired) electrons. The van der Waals surface area contributed by atoms with Gasteiger partial charge in [0.15, 0.2) is 11.5 Å². The molecule has 0 fully saturated rings. The van der Waals surface area contributed by atoms with Crippen molar-refractivity contribution in [2.75, 3.05) is 26.8 Å². The van der Waals surface area contributed by atoms with E-state index in [1.54, 1.807) is 0 Å². The molecule has 0 spiro atoms. The molecule has 1 aliphatic rings. The van der Waals surface area contributed by atoms with Crippen LogP contribution < -0.4 is 9.47 Å². The molecule has 1 aromatic rings. The predicted octanol–water partition coefficient (Wildman–Crippen LogP) is 1.66. The minimum Gasteiger partial charge on any atom is -0.486 e. The molecular weight excluding hydrogens is 230 g/mol. The zero-order chi connectivity index (χ0) is 13.0. The van der Waals surface area contributed by atoms with Gasteiger partial charge in [-0.05, 0) is 26.5 Å². The van der Waals surface area contributed by atoms with Crippen LogP contribution in [0.3, 0.4) is 0 Å². The molecule has 0 aliphatic carbocycles. The molecule has 0 saturated heterocycles. The van der Waals surface area contributed by atoms with Gasteiger partial charge in [0.25, 0.3) is 0 Å². The zero-order valence-electron chi connectivity index (χ0n) is 11.1. The van der Waals surface area contributed by atoms with Crippen molar-refractivity contribution in [3.05, 3.63) is 23.8 Å². The fourth-order valence-corrected chi connectivity index (χ4v) is 2.04. The molecule has 1 atom stereocenters. The lowest BCUT2D eigenvalue weighted by Crippen LogP contribution is -2.23. The van der Waals surface area contributed by atoms with Crippen molar-refractivity contribution in [2.24, 2.45) is 0 Å². The number of ether oxygens (including phenoxy) is 2. The van der Waals surface area contributed by atoms with Gasteiger partial charge in [-0.1, -0.05) is 12.1 Å². The molecule has 18 heavy (non-hydrogen) atoms. The third-order valence-corrected chi connectivity index (χ3v) is 3.02. The van der Waals surface area contributed by atoms with Crippen LogP contribution in [0.25, 0.3) is 0 Å². The number of benzene rings is 1. The van der Waals surface area contributed by atoms with E-state index in [9.17, 15) is 5.11 Å². The van der Waals surface area contributed by atoms with E-state index >= 15 is 0 Å². The van der Waals surface area contributed by atoms with Crippen molar-refractivity contribution >= 4 is 0 Å². The Morgan fingerprint density at radius 2 is 2.11 bits per heavy atom. The molecule has 0 bridgehead atoms. The van der Waals surface area contributed by atoms with E-state index in [0.29, 0.717) is 13.2 Å². The molecule has 4 heteroatoms. The fraction of sp³-hybridized carbons (Fsp3) is 0.571. The Morgan fingerprint density at radius 3 is 2.89 bits per heavy atom. The molecule has 0 saturated carbocycles. The Balaban J connectivity index is 2.00. The van der Waals surface area contributed by atoms with Gasteiger partial charge in [0.2, 0.25) is 0 Å². The molecular formula is C14H21NO3. The second kappa shape index (κ2) is 6.07. The van der Waals surface area contributed by atoms with Crippen LogP contribution in [-0.2, 0) is 6.54 Å². The lowest BCUT2D eigenvalue weighted by atomic mass is 10.1. The summed E-state index contributed by atoms with van der Waals surface area (Å²) in [6.07, 6.45) is 0.528. The molecule has 1 N–H and O–H groups in total. The highest BCUT2D eigenvalue weighted by Gasteiger charge is 2.16. The van der Waals surface area contributed by atoms with E-state index in [4.69, 9.17) is 9.47 Å². The molecule has 2 rings (SSSR count). The molecule has 0 aromatic heterocycles. The van der Waals surface area contributed by atoms with Crippen LogP contribution >= 0.6 is 0 Å². The van der Waals surface area contributed by atoms with Gasteiger partial charge < -0.3 is 19.5 Å². The van der Waals surface area contributed by atoms with Crippen LogP contribution in [0.4, 0.5) is 0 Å². The van der Waals surface area contributed by atoms with E-state index in [1.165, 1.54) is 0 Å². The van der Waals surface area contributed by atoms with Crippen LogP contribution in [-0.4, -0.2) is 42.9 Å². The Morgan fingerprint density at radius 1 is 1.33 bits per heavy atom. The van der Waals surface area contributed by atoms with E-state index < -0.39 is 0 Å². The first-order valence-corrected chi connectivity index (χ1v) is 6.41. The van der Waals surface area contributed by atoms with Crippen LogP contribution in [0.1, 0.15) is 18.9 Å². The van der Waals surface area contributed by atoms with Crippen molar-refractivity contribution in [1.29, 1.82) is 0 Å². The number of hydrogen-bond donors (Lipinski definition) is 1. The van der Waals surface area contributed by atoms with Gasteiger partial charge in [-0.2, -0.15) is 0 Å². The number of nitrogens with zero attached hydrogens (tertiary/aromatic N) is 1. The van der Waals surface area contributed by atoms with Gasteiger partial charge in [0.05, 0.1) is 6.10 Å². The molecule has 1 aliphatic heterocycles. The lowest BCUT2D eigenvalue weighted by Gasteiger charge is -2.23. The average Bonchev–Trinajstić information content (AvgIpc) is 2.37. The normalized spacial score (nSPS) is 15.8. The number of aliphatic hydroxyl groups is 1. The second-order valence-electron chi connectivity index (χ2n) is 4.82. The Bertz CT molecular complexity index is 393. The standard InChI is InChI=1S/C14H21NO3/c1-11(16)6-7-15(2)10-12-4-3-5-13-14(12)18-9-8-17-13/h3-5,11,16H,6-10H2,1-2H3. The van der Waals surface area contributed by atoms with Gasteiger partial charge in [0, 0.05) is 18.7 Å². The highest BCUT2D eigenvalue weighted by molar-refractivity contribution is 5.47. The predicted molar refractivity (Wildman–Crippen MR) is 70.1 cm³/mol. The lowest BCUT2D eigenvalue weighted by molar-refractivity contribution is 0.157. The fourth-order valence-electron chi connectivity index (χ4n) is 2.04. The number of rotatable bonds is 5. The summed E-state index contributed by atoms with van der Waals surface area (Å²) in [5, 5.41) is 9.29. The maximum absolute atomic E-state index is 9.29. The summed E-state index contributed by atoms with van der Waals surface area (Å²) in [7, 11) is 2.05. The van der Waals surface area contributed by atoms with E-state index in [1.807, 2.05) is 26.1 Å². The summed E-state index contributed by atoms with van der Waals surface area (Å²) >= 11 is 0. The van der Waals surface area contributed by atoms with Crippen LogP contribution in [0.15, 0.2) is 18.2 Å². The van der Waals surface area contributed by atoms with Gasteiger partial charge in [-0.3, -0.25) is 0 Å². The van der Waals surface area contributed by atoms with Crippen molar-refractivity contribution in [3.8, 4) is 11.5 Å². The number of para-hydroxylation sites is 1. The quantitative estimate of drug-likeness (QED) is 0.864. The molecule has 100 valence electrons. The number of aliphatic hydroxyl groups excluding tert-OH is 1. The van der Waals surface area contributed by atoms with Crippen molar-refractivity contribution in [2.45, 2.75) is 26.0 Å². The number of hydrogen-bond acceptors (Lipinski definition) is 4. The first kappa shape index (κ1) is 13.2. The smallest absolute Gasteiger partial charge is 0.165 e. The zero-order valence-corrected chi connectivity index (χ0v) is 11.1. The van der Waals surface area contributed by atoms with Crippen molar-refractivity contribution in [1.82, 2.24) is 4.90 Å². The maximum atomic E-state index is 9.29. The van der Waals surface area contributed by atoms with E-state index in [2.05, 4.69) is 11.0 Å². The van der Waals surface area contributed by atoms with E-state index in [0.717, 1.165) is 36.6 Å². The summed E-state index contributed by atoms with van der Waals surface area (Å²) in [5.41, 5.74) is 1.14. The Labute approximate surface area is 108 Å². The summed E-state index contributed by atoms with van der Waals surface area (Å²) in [5.74, 6) is 1.70. The average molecular weight is 251 g/mol. The summed E-state index contributed by atoms with van der Waals surface area (Å²) in [6.45, 7) is 4.71. The van der Waals surface area contributed by atoms with Crippen LogP contribution in [0, 0.1) is 0 Å². The van der Waals surface area contributed by atoms with Crippen LogP contribution in [0.2, 0.25) is 0 Å². The first-order chi connectivity index (χ1) is 8.66. The molecule has 4 nitrogen and oxygen atoms in total. The maximum Gasteiger partial charge on any atom is 0.165 e. The van der Waals surface area contributed by atoms with Crippen LogP contribution in [0.5, 0.6) is 11.5 Å². The Kier molecular flexibility index (Phi) is 4.44. The second-order valence-corrected chi connectivity index (χ2v) is 4.82. The van der Waals surface area contributed by atoms with Gasteiger partial charge in [-0.25, -0.2) is 0 Å². The molecule has 1 aromatic carbocycles. The van der Waals surface area contributed by atoms with Crippen molar-refractivity contribution < 1.29 is 14.6 Å². The van der Waals surface area contributed by atoms with Gasteiger partial charge in [0.1, 0.15) is 13.2 Å². The highest BCUT2D eigenvalue weighted by Crippen LogP contribution is 2.34. The van der Waals surface area contributed by atoms with E-state index in [-0.39, 0.29) is 6.10 Å². The summed E-state index contributed by atoms with van der Waals surface area (Å²) in [6, 6.07) is 5.99.